The Morgan fingerprint density at radius 1 is 1.41 bits per heavy atom. The SMILES string of the molecule is Cl.O=C(NCCC1CCNC1)c1ccccc1-n1cnnn1. The summed E-state index contributed by atoms with van der Waals surface area (Å²) in [5, 5.41) is 17.4. The Morgan fingerprint density at radius 2 is 2.27 bits per heavy atom. The number of nitrogens with one attached hydrogen (secondary N) is 2. The fourth-order valence-electron chi connectivity index (χ4n) is 2.58. The average Bonchev–Trinajstić information content (AvgIpc) is 3.20. The van der Waals surface area contributed by atoms with E-state index in [4.69, 9.17) is 0 Å². The van der Waals surface area contributed by atoms with Crippen LogP contribution in [0.1, 0.15) is 23.2 Å². The number of nitrogens with zero attached hydrogens (tertiary/aromatic N) is 4. The first-order chi connectivity index (χ1) is 10.3. The normalized spacial score (nSPS) is 17.0. The number of halogens is 1. The predicted octanol–water partition coefficient (Wildman–Crippen LogP) is 0.813. The van der Waals surface area contributed by atoms with Crippen LogP contribution in [0.2, 0.25) is 0 Å². The summed E-state index contributed by atoms with van der Waals surface area (Å²) in [6, 6.07) is 7.30. The van der Waals surface area contributed by atoms with E-state index in [2.05, 4.69) is 26.2 Å². The summed E-state index contributed by atoms with van der Waals surface area (Å²) in [5.74, 6) is 0.576. The van der Waals surface area contributed by atoms with Crippen molar-refractivity contribution in [3.05, 3.63) is 36.2 Å². The van der Waals surface area contributed by atoms with Crippen LogP contribution in [-0.4, -0.2) is 45.7 Å². The lowest BCUT2D eigenvalue weighted by Gasteiger charge is -2.11. The minimum Gasteiger partial charge on any atom is -0.352 e. The van der Waals surface area contributed by atoms with Gasteiger partial charge in [0.2, 0.25) is 0 Å². The van der Waals surface area contributed by atoms with Crippen LogP contribution in [0.15, 0.2) is 30.6 Å². The largest absolute Gasteiger partial charge is 0.352 e. The van der Waals surface area contributed by atoms with Crippen molar-refractivity contribution in [1.82, 2.24) is 30.8 Å². The molecule has 7 nitrogen and oxygen atoms in total. The monoisotopic (exact) mass is 322 g/mol. The molecule has 2 heterocycles. The zero-order chi connectivity index (χ0) is 14.5. The number of tetrazole rings is 1. The zero-order valence-corrected chi connectivity index (χ0v) is 12.9. The van der Waals surface area contributed by atoms with E-state index < -0.39 is 0 Å². The van der Waals surface area contributed by atoms with Crippen molar-refractivity contribution < 1.29 is 4.79 Å². The molecule has 2 N–H and O–H groups in total. The van der Waals surface area contributed by atoms with Gasteiger partial charge in [-0.2, -0.15) is 4.68 Å². The third-order valence-electron chi connectivity index (χ3n) is 3.75. The van der Waals surface area contributed by atoms with Crippen molar-refractivity contribution in [2.45, 2.75) is 12.8 Å². The van der Waals surface area contributed by atoms with Gasteiger partial charge in [0, 0.05) is 6.54 Å². The Labute approximate surface area is 134 Å². The fourth-order valence-corrected chi connectivity index (χ4v) is 2.58. The van der Waals surface area contributed by atoms with Crippen LogP contribution in [-0.2, 0) is 0 Å². The molecule has 1 fully saturated rings. The molecule has 22 heavy (non-hydrogen) atoms. The van der Waals surface area contributed by atoms with Crippen molar-refractivity contribution in [3.63, 3.8) is 0 Å². The standard InChI is InChI=1S/C14H18N6O.ClH/c21-14(16-8-6-11-5-7-15-9-11)12-3-1-2-4-13(12)20-10-17-18-19-20;/h1-4,10-11,15H,5-9H2,(H,16,21);1H. The van der Waals surface area contributed by atoms with Crippen LogP contribution in [0.4, 0.5) is 0 Å². The van der Waals surface area contributed by atoms with E-state index >= 15 is 0 Å². The van der Waals surface area contributed by atoms with Gasteiger partial charge in [-0.15, -0.1) is 17.5 Å². The third kappa shape index (κ3) is 3.80. The molecule has 0 saturated carbocycles. The number of amides is 1. The second kappa shape index (κ2) is 7.86. The number of para-hydroxylation sites is 1. The number of carbonyl (C=O) groups is 1. The highest BCUT2D eigenvalue weighted by atomic mass is 35.5. The van der Waals surface area contributed by atoms with Gasteiger partial charge in [0.05, 0.1) is 11.3 Å². The highest BCUT2D eigenvalue weighted by Gasteiger charge is 2.16. The third-order valence-corrected chi connectivity index (χ3v) is 3.75. The molecule has 1 aliphatic rings. The lowest BCUT2D eigenvalue weighted by Crippen LogP contribution is -2.27. The lowest BCUT2D eigenvalue weighted by molar-refractivity contribution is 0.0951. The van der Waals surface area contributed by atoms with Crippen LogP contribution < -0.4 is 10.6 Å². The quantitative estimate of drug-likeness (QED) is 0.851. The summed E-state index contributed by atoms with van der Waals surface area (Å²) < 4.78 is 1.50. The molecule has 1 aliphatic heterocycles. The van der Waals surface area contributed by atoms with Crippen molar-refractivity contribution >= 4 is 18.3 Å². The minimum atomic E-state index is -0.0907. The van der Waals surface area contributed by atoms with Gasteiger partial charge in [0.1, 0.15) is 6.33 Å². The number of hydrogen-bond donors (Lipinski definition) is 2. The molecular weight excluding hydrogens is 304 g/mol. The fraction of sp³-hybridized carbons (Fsp3) is 0.429. The summed E-state index contributed by atoms with van der Waals surface area (Å²) in [6.45, 7) is 2.83. The van der Waals surface area contributed by atoms with Crippen LogP contribution in [0.3, 0.4) is 0 Å². The van der Waals surface area contributed by atoms with E-state index in [1.807, 2.05) is 18.2 Å². The number of aromatic nitrogens is 4. The van der Waals surface area contributed by atoms with Crippen molar-refractivity contribution in [3.8, 4) is 5.69 Å². The molecule has 1 saturated heterocycles. The number of hydrogen-bond acceptors (Lipinski definition) is 5. The van der Waals surface area contributed by atoms with Crippen LogP contribution in [0, 0.1) is 5.92 Å². The van der Waals surface area contributed by atoms with E-state index in [1.165, 1.54) is 17.4 Å². The number of benzene rings is 1. The molecule has 8 heteroatoms. The topological polar surface area (TPSA) is 84.7 Å². The second-order valence-corrected chi connectivity index (χ2v) is 5.17. The van der Waals surface area contributed by atoms with Gasteiger partial charge in [-0.3, -0.25) is 4.79 Å². The summed E-state index contributed by atoms with van der Waals surface area (Å²) in [7, 11) is 0. The smallest absolute Gasteiger partial charge is 0.253 e. The van der Waals surface area contributed by atoms with Crippen LogP contribution >= 0.6 is 12.4 Å². The van der Waals surface area contributed by atoms with Gasteiger partial charge in [-0.05, 0) is 54.4 Å². The van der Waals surface area contributed by atoms with Crippen molar-refractivity contribution in [1.29, 1.82) is 0 Å². The van der Waals surface area contributed by atoms with Gasteiger partial charge in [-0.25, -0.2) is 0 Å². The molecular formula is C14H19ClN6O. The van der Waals surface area contributed by atoms with E-state index in [9.17, 15) is 4.79 Å². The van der Waals surface area contributed by atoms with Gasteiger partial charge in [0.25, 0.3) is 5.91 Å². The molecule has 1 unspecified atom stereocenters. The Bertz CT molecular complexity index is 597. The molecule has 1 aromatic heterocycles. The van der Waals surface area contributed by atoms with E-state index in [0.717, 1.165) is 19.5 Å². The molecule has 2 aromatic rings. The minimum absolute atomic E-state index is 0. The van der Waals surface area contributed by atoms with Gasteiger partial charge in [0.15, 0.2) is 0 Å². The van der Waals surface area contributed by atoms with E-state index in [0.29, 0.717) is 23.7 Å². The maximum atomic E-state index is 12.3. The number of carbonyl (C=O) groups excluding carboxylic acids is 1. The van der Waals surface area contributed by atoms with Crippen molar-refractivity contribution in [2.24, 2.45) is 5.92 Å². The highest BCUT2D eigenvalue weighted by molar-refractivity contribution is 5.97. The first kappa shape index (κ1) is 16.4. The summed E-state index contributed by atoms with van der Waals surface area (Å²) in [6.07, 6.45) is 3.68. The Kier molecular flexibility index (Phi) is 5.85. The Balaban J connectivity index is 0.00000176. The molecule has 0 aliphatic carbocycles. The summed E-state index contributed by atoms with van der Waals surface area (Å²) in [5.41, 5.74) is 1.26. The summed E-state index contributed by atoms with van der Waals surface area (Å²) >= 11 is 0. The Hall–Kier alpha value is -1.99. The molecule has 0 radical (unpaired) electrons. The van der Waals surface area contributed by atoms with Gasteiger partial charge < -0.3 is 10.6 Å². The molecule has 0 bridgehead atoms. The summed E-state index contributed by atoms with van der Waals surface area (Å²) in [4.78, 5) is 12.3. The number of rotatable bonds is 5. The van der Waals surface area contributed by atoms with Crippen LogP contribution in [0.25, 0.3) is 5.69 Å². The van der Waals surface area contributed by atoms with E-state index in [1.54, 1.807) is 6.07 Å². The zero-order valence-electron chi connectivity index (χ0n) is 12.1. The van der Waals surface area contributed by atoms with Crippen molar-refractivity contribution in [2.75, 3.05) is 19.6 Å². The molecule has 0 spiro atoms. The first-order valence-electron chi connectivity index (χ1n) is 7.16. The lowest BCUT2D eigenvalue weighted by atomic mass is 10.1. The van der Waals surface area contributed by atoms with Gasteiger partial charge >= 0.3 is 0 Å². The average molecular weight is 323 g/mol. The molecule has 1 amide bonds. The van der Waals surface area contributed by atoms with Gasteiger partial charge in [-0.1, -0.05) is 12.1 Å². The maximum Gasteiger partial charge on any atom is 0.253 e. The molecule has 1 atom stereocenters. The second-order valence-electron chi connectivity index (χ2n) is 5.17. The Morgan fingerprint density at radius 3 is 3.00 bits per heavy atom. The maximum absolute atomic E-state index is 12.3. The molecule has 3 rings (SSSR count). The highest BCUT2D eigenvalue weighted by Crippen LogP contribution is 2.14. The van der Waals surface area contributed by atoms with E-state index in [-0.39, 0.29) is 18.3 Å². The van der Waals surface area contributed by atoms with Crippen LogP contribution in [0.5, 0.6) is 0 Å². The predicted molar refractivity (Wildman–Crippen MR) is 84.3 cm³/mol. The molecule has 118 valence electrons. The first-order valence-corrected chi connectivity index (χ1v) is 7.16. The molecule has 1 aromatic carbocycles.